The second-order valence-electron chi connectivity index (χ2n) is 11.0. The Kier molecular flexibility index (Phi) is 7.15. The number of amides is 2. The van der Waals surface area contributed by atoms with Crippen LogP contribution in [0.2, 0.25) is 0 Å². The molecule has 5 atom stereocenters. The molecule has 0 radical (unpaired) electrons. The van der Waals surface area contributed by atoms with E-state index in [-0.39, 0.29) is 57.7 Å². The Balaban J connectivity index is 1.61. The summed E-state index contributed by atoms with van der Waals surface area (Å²) in [4.78, 5) is 40.9. The van der Waals surface area contributed by atoms with Crippen LogP contribution in [-0.2, 0) is 11.2 Å². The van der Waals surface area contributed by atoms with Gasteiger partial charge in [-0.05, 0) is 56.6 Å². The second-order valence-corrected chi connectivity index (χ2v) is 11.9. The number of aliphatic hydroxyl groups excluding tert-OH is 2. The lowest BCUT2D eigenvalue weighted by Gasteiger charge is -2.53. The topological polar surface area (TPSA) is 162 Å². The molecule has 12 heteroatoms. The van der Waals surface area contributed by atoms with Crippen LogP contribution in [0, 0.1) is 17.7 Å². The van der Waals surface area contributed by atoms with Gasteiger partial charge in [0, 0.05) is 28.7 Å². The van der Waals surface area contributed by atoms with Crippen LogP contribution in [-0.4, -0.2) is 70.2 Å². The fourth-order valence-electron chi connectivity index (χ4n) is 6.56. The maximum absolute atomic E-state index is 15.6. The molecule has 0 spiro atoms. The van der Waals surface area contributed by atoms with E-state index in [4.69, 9.17) is 10.5 Å². The van der Waals surface area contributed by atoms with Gasteiger partial charge in [-0.3, -0.25) is 19.3 Å². The minimum atomic E-state index is -1.46. The van der Waals surface area contributed by atoms with Gasteiger partial charge in [0.05, 0.1) is 35.1 Å². The molecule has 0 fully saturated rings. The molecule has 3 aliphatic carbocycles. The predicted octanol–water partition coefficient (Wildman–Crippen LogP) is 3.39. The zero-order valence-electron chi connectivity index (χ0n) is 23.2. The molecule has 0 saturated carbocycles. The molecule has 10 nitrogen and oxygen atoms in total. The first-order valence-electron chi connectivity index (χ1n) is 13.1. The molecule has 3 aliphatic rings. The van der Waals surface area contributed by atoms with Crippen LogP contribution >= 0.6 is 9.24 Å². The number of allylic oxidation sites excluding steroid dienone is 2. The highest BCUT2D eigenvalue weighted by Gasteiger charge is 2.59. The lowest BCUT2D eigenvalue weighted by molar-refractivity contribution is -0.114. The quantitative estimate of drug-likeness (QED) is 0.260. The predicted molar refractivity (Wildman–Crippen MR) is 156 cm³/mol. The van der Waals surface area contributed by atoms with Crippen molar-refractivity contribution < 1.29 is 38.8 Å². The molecule has 5 rings (SSSR count). The molecular formula is C30H31FN3O7P. The minimum Gasteiger partial charge on any atom is -0.511 e. The molecule has 42 heavy (non-hydrogen) atoms. The smallest absolute Gasteiger partial charge is 0.255 e. The number of carbonyl (C=O) groups is 3. The zero-order chi connectivity index (χ0) is 30.8. The number of phenols is 1. The fraction of sp³-hybridized carbons (Fsp3) is 0.300. The van der Waals surface area contributed by atoms with Gasteiger partial charge in [0.15, 0.2) is 11.5 Å². The largest absolute Gasteiger partial charge is 0.511 e. The first kappa shape index (κ1) is 29.3. The lowest BCUT2D eigenvalue weighted by atomic mass is 9.59. The molecule has 2 aromatic carbocycles. The van der Waals surface area contributed by atoms with Crippen LogP contribution in [0.4, 0.5) is 10.1 Å². The number of anilines is 1. The number of nitrogens with one attached hydrogen (secondary N) is 1. The monoisotopic (exact) mass is 595 g/mol. The van der Waals surface area contributed by atoms with E-state index in [2.05, 4.69) is 21.1 Å². The van der Waals surface area contributed by atoms with E-state index in [1.165, 1.54) is 19.2 Å². The number of aliphatic hydroxyl groups is 2. The van der Waals surface area contributed by atoms with Crippen molar-refractivity contribution in [2.24, 2.45) is 17.6 Å². The molecule has 1 unspecified atom stereocenters. The van der Waals surface area contributed by atoms with E-state index < -0.39 is 58.0 Å². The number of fused-ring (bicyclic) bond motifs is 3. The summed E-state index contributed by atoms with van der Waals surface area (Å²) in [7, 11) is 7.30. The third-order valence-electron chi connectivity index (χ3n) is 8.56. The summed E-state index contributed by atoms with van der Waals surface area (Å²) in [6.45, 7) is 3.96. The Morgan fingerprint density at radius 2 is 1.93 bits per heavy atom. The highest BCUT2D eigenvalue weighted by atomic mass is 31.0. The molecule has 0 heterocycles. The number of hydrogen-bond donors (Lipinski definition) is 5. The van der Waals surface area contributed by atoms with Gasteiger partial charge < -0.3 is 31.1 Å². The van der Waals surface area contributed by atoms with Gasteiger partial charge in [0.25, 0.3) is 11.8 Å². The molecule has 6 N–H and O–H groups in total. The Labute approximate surface area is 243 Å². The number of nitrogens with two attached hydrogens (primary N) is 1. The number of nitrogens with zero attached hydrogens (tertiary/aromatic N) is 1. The number of phenolic OH excluding ortho intramolecular Hbond substituents is 1. The highest BCUT2D eigenvalue weighted by Crippen LogP contribution is 2.59. The summed E-state index contributed by atoms with van der Waals surface area (Å²) < 4.78 is 20.7. The number of benzene rings is 2. The van der Waals surface area contributed by atoms with Crippen molar-refractivity contribution in [3.05, 3.63) is 87.7 Å². The van der Waals surface area contributed by atoms with E-state index >= 15 is 4.39 Å². The van der Waals surface area contributed by atoms with Crippen LogP contribution in [0.15, 0.2) is 65.1 Å². The Morgan fingerprint density at radius 1 is 1.24 bits per heavy atom. The summed E-state index contributed by atoms with van der Waals surface area (Å²) in [6.07, 6.45) is 0.168. The van der Waals surface area contributed by atoms with Gasteiger partial charge in [-0.15, -0.1) is 9.24 Å². The zero-order valence-corrected chi connectivity index (χ0v) is 24.3. The number of methoxy groups -OCH3 is 1. The van der Waals surface area contributed by atoms with Crippen molar-refractivity contribution in [3.63, 3.8) is 0 Å². The first-order valence-corrected chi connectivity index (χ1v) is 13.7. The minimum absolute atomic E-state index is 0.0253. The van der Waals surface area contributed by atoms with Gasteiger partial charge in [0.1, 0.15) is 23.1 Å². The van der Waals surface area contributed by atoms with Crippen molar-refractivity contribution in [3.8, 4) is 11.5 Å². The third-order valence-corrected chi connectivity index (χ3v) is 9.61. The molecule has 2 aromatic rings. The first-order chi connectivity index (χ1) is 19.7. The van der Waals surface area contributed by atoms with Crippen molar-refractivity contribution in [1.29, 1.82) is 0 Å². The van der Waals surface area contributed by atoms with Crippen LogP contribution in [0.3, 0.4) is 0 Å². The number of hydrogen-bond acceptors (Lipinski definition) is 8. The molecule has 0 aliphatic heterocycles. The third kappa shape index (κ3) is 4.18. The fourth-order valence-corrected chi connectivity index (χ4v) is 7.18. The average molecular weight is 596 g/mol. The number of ether oxygens (including phenoxy) is 1. The molecule has 220 valence electrons. The summed E-state index contributed by atoms with van der Waals surface area (Å²) in [5.41, 5.74) is 4.73. The number of halogens is 1. The normalized spacial score (nSPS) is 25.1. The number of ketones is 1. The summed E-state index contributed by atoms with van der Waals surface area (Å²) in [5, 5.41) is 34.9. The highest BCUT2D eigenvalue weighted by molar-refractivity contribution is 7.20. The van der Waals surface area contributed by atoms with E-state index in [0.29, 0.717) is 5.75 Å². The van der Waals surface area contributed by atoms with Crippen molar-refractivity contribution in [2.45, 2.75) is 24.0 Å². The van der Waals surface area contributed by atoms with Gasteiger partial charge in [-0.1, -0.05) is 12.6 Å². The molecule has 0 saturated heterocycles. The Morgan fingerprint density at radius 3 is 2.55 bits per heavy atom. The van der Waals surface area contributed by atoms with Crippen LogP contribution in [0.5, 0.6) is 11.5 Å². The van der Waals surface area contributed by atoms with Crippen molar-refractivity contribution >= 4 is 32.5 Å². The standard InChI is InChI=1S/C30H31FN3O7P/c1-12-20(28(32)39)26(37)23(34(2)3)17-10-14-9-16-18(31)11-19(33-29(40)13-6-5-7-15(8-13)41-4)24(35)22(16)25(36)21(14)27(38)30(12,17)42/h5-8,11,14,17,23,35,37-38H,1,9-10,42H2,2-4H3,(H2,32,39)(H,33,40)/t14-,17-,23-,30-/m0/s1. The molecular weight excluding hydrogens is 564 g/mol. The maximum atomic E-state index is 15.6. The molecule has 0 aromatic heterocycles. The average Bonchev–Trinajstić information content (AvgIpc) is 2.93. The van der Waals surface area contributed by atoms with Gasteiger partial charge in [-0.25, -0.2) is 4.39 Å². The number of aromatic hydroxyl groups is 1. The number of primary amides is 1. The van der Waals surface area contributed by atoms with E-state index in [1.54, 1.807) is 31.1 Å². The van der Waals surface area contributed by atoms with E-state index in [1.807, 2.05) is 0 Å². The van der Waals surface area contributed by atoms with Gasteiger partial charge >= 0.3 is 0 Å². The lowest BCUT2D eigenvalue weighted by Crippen LogP contribution is -2.57. The number of Topliss-reactive ketones (excluding diaryl/α,β-unsaturated/α-hetero) is 1. The SMILES string of the molecule is C=C1C(C(N)=O)=C(O)[C@@H](N(C)C)[C@@H]2C[C@@H]3Cc4c(F)cc(NC(=O)c5cccc(OC)c5)c(O)c4C(=O)C3=C(O)[C@]12P. The Hall–Kier alpha value is -4.21. The van der Waals surface area contributed by atoms with Gasteiger partial charge in [-0.2, -0.15) is 0 Å². The summed E-state index contributed by atoms with van der Waals surface area (Å²) >= 11 is 0. The van der Waals surface area contributed by atoms with Crippen molar-refractivity contribution in [1.82, 2.24) is 4.90 Å². The van der Waals surface area contributed by atoms with Gasteiger partial charge in [0.2, 0.25) is 0 Å². The van der Waals surface area contributed by atoms with E-state index in [0.717, 1.165) is 6.07 Å². The van der Waals surface area contributed by atoms with Crippen molar-refractivity contribution in [2.75, 3.05) is 26.5 Å². The van der Waals surface area contributed by atoms with Crippen LogP contribution in [0.25, 0.3) is 0 Å². The summed E-state index contributed by atoms with van der Waals surface area (Å²) in [6, 6.07) is 6.37. The second kappa shape index (κ2) is 10.3. The number of likely N-dealkylation sites (N-methyl/N-ethyl adjacent to an activating group) is 1. The number of carbonyl (C=O) groups excluding carboxylic acids is 3. The summed E-state index contributed by atoms with van der Waals surface area (Å²) in [5.74, 6) is -5.44. The molecule has 2 amide bonds. The number of rotatable bonds is 5. The van der Waals surface area contributed by atoms with Crippen LogP contribution in [0.1, 0.15) is 32.7 Å². The maximum Gasteiger partial charge on any atom is 0.255 e. The molecule has 0 bridgehead atoms. The van der Waals surface area contributed by atoms with Crippen LogP contribution < -0.4 is 15.8 Å². The Bertz CT molecular complexity index is 1650. The van der Waals surface area contributed by atoms with E-state index in [9.17, 15) is 29.7 Å².